The van der Waals surface area contributed by atoms with Crippen molar-refractivity contribution in [1.82, 2.24) is 65.1 Å². The summed E-state index contributed by atoms with van der Waals surface area (Å²) in [7, 11) is 7.21. The number of aromatic nitrogens is 12. The van der Waals surface area contributed by atoms with E-state index in [1.165, 1.54) is 30.7 Å². The molecule has 2 saturated carbocycles. The second-order valence-corrected chi connectivity index (χ2v) is 31.6. The third kappa shape index (κ3) is 14.4. The molecule has 12 heterocycles. The predicted octanol–water partition coefficient (Wildman–Crippen LogP) is 14.1. The van der Waals surface area contributed by atoms with E-state index in [0.29, 0.717) is 72.6 Å². The zero-order valence-corrected chi connectivity index (χ0v) is 65.4. The van der Waals surface area contributed by atoms with Crippen LogP contribution in [0.5, 0.6) is 47.0 Å². The molecule has 12 aromatic rings. The third-order valence-electron chi connectivity index (χ3n) is 24.5. The average molecular weight is 1590 g/mol. The Morgan fingerprint density at radius 2 is 0.890 bits per heavy atom. The molecule has 5 unspecified atom stereocenters. The SMILES string of the molecule is CNc1cc(F)cc2c1Cc1nc(Oc3cccnc3)nc(N3CC4CCC(N)C3C4)c1-2.CNc1cc(F)cc2c1Cc1nc(Oc3cccnc3)nc(N3CCC4(CCNC4)C3)c1-2.CNc1cc(F)cc2c1Cc1nc(Oc3cccnc3)nc(N3C[C@H]4CC3C[C@H]4N)c1-2.CNc1cc(F)cc2c1Cc1nc(Oc3cccnc3)ncc1-2. The summed E-state index contributed by atoms with van der Waals surface area (Å²) in [6.07, 6.45) is 24.9. The number of hydrogen-bond acceptors (Lipinski definition) is 26. The number of hydrogen-bond donors (Lipinski definition) is 7. The quantitative estimate of drug-likeness (QED) is 0.0469. The van der Waals surface area contributed by atoms with Gasteiger partial charge >= 0.3 is 24.0 Å². The highest BCUT2D eigenvalue weighted by Crippen LogP contribution is 2.53. The van der Waals surface area contributed by atoms with Gasteiger partial charge in [-0.25, -0.2) is 22.5 Å². The zero-order chi connectivity index (χ0) is 80.5. The summed E-state index contributed by atoms with van der Waals surface area (Å²) in [5, 5.41) is 15.9. The molecule has 10 aliphatic rings. The lowest BCUT2D eigenvalue weighted by molar-refractivity contribution is 0.369. The van der Waals surface area contributed by atoms with Crippen LogP contribution in [0, 0.1) is 40.5 Å². The number of rotatable bonds is 15. The van der Waals surface area contributed by atoms with Gasteiger partial charge in [-0.05, 0) is 205 Å². The molecule has 118 heavy (non-hydrogen) atoms. The summed E-state index contributed by atoms with van der Waals surface area (Å²) in [5.74, 6) is 4.74. The molecule has 30 heteroatoms. The first-order valence-corrected chi connectivity index (χ1v) is 40.0. The van der Waals surface area contributed by atoms with Gasteiger partial charge in [-0.2, -0.15) is 34.9 Å². The monoisotopic (exact) mass is 1590 g/mol. The molecule has 8 aromatic heterocycles. The van der Waals surface area contributed by atoms with Gasteiger partial charge in [-0.1, -0.05) is 0 Å². The van der Waals surface area contributed by atoms with Crippen LogP contribution in [0.3, 0.4) is 0 Å². The smallest absolute Gasteiger partial charge is 0.324 e. The van der Waals surface area contributed by atoms with Crippen molar-refractivity contribution >= 4 is 40.2 Å². The number of nitrogens with zero attached hydrogens (tertiary/aromatic N) is 15. The van der Waals surface area contributed by atoms with E-state index < -0.39 is 0 Å². The lowest BCUT2D eigenvalue weighted by Crippen LogP contribution is -2.45. The van der Waals surface area contributed by atoms with Crippen molar-refractivity contribution in [3.8, 4) is 91.5 Å². The summed E-state index contributed by atoms with van der Waals surface area (Å²) in [6, 6.07) is 28.9. The number of halogens is 4. The Morgan fingerprint density at radius 3 is 1.33 bits per heavy atom. The van der Waals surface area contributed by atoms with Crippen molar-refractivity contribution in [2.24, 2.45) is 28.7 Å². The van der Waals surface area contributed by atoms with Crippen LogP contribution in [0.1, 0.15) is 90.0 Å². The summed E-state index contributed by atoms with van der Waals surface area (Å²) in [5.41, 5.74) is 30.7. The van der Waals surface area contributed by atoms with Gasteiger partial charge in [0.2, 0.25) is 0 Å². The number of piperidine rings is 1. The molecule has 6 fully saturated rings. The molecule has 600 valence electrons. The van der Waals surface area contributed by atoms with Crippen LogP contribution in [0.2, 0.25) is 0 Å². The number of benzene rings is 4. The normalized spacial score (nSPS) is 20.3. The van der Waals surface area contributed by atoms with Gasteiger partial charge < -0.3 is 71.7 Å². The van der Waals surface area contributed by atoms with Crippen LogP contribution in [-0.4, -0.2) is 151 Å². The molecule has 0 amide bonds. The van der Waals surface area contributed by atoms with Crippen molar-refractivity contribution in [3.63, 3.8) is 0 Å². The average Bonchev–Trinajstić information content (AvgIpc) is 1.60. The Labute approximate surface area is 678 Å². The molecule has 4 aliphatic heterocycles. The van der Waals surface area contributed by atoms with Gasteiger partial charge in [-0.15, -0.1) is 0 Å². The van der Waals surface area contributed by atoms with E-state index in [4.69, 9.17) is 60.3 Å². The van der Waals surface area contributed by atoms with Gasteiger partial charge in [0.05, 0.1) is 47.6 Å². The van der Waals surface area contributed by atoms with Crippen molar-refractivity contribution in [2.45, 2.75) is 94.8 Å². The Kier molecular flexibility index (Phi) is 20.0. The summed E-state index contributed by atoms with van der Waals surface area (Å²) >= 11 is 0. The molecule has 7 atom stereocenters. The minimum absolute atomic E-state index is 0.100. The minimum atomic E-state index is -0.281. The van der Waals surface area contributed by atoms with Gasteiger partial charge in [0.15, 0.2) is 0 Å². The fourth-order valence-corrected chi connectivity index (χ4v) is 19.0. The highest BCUT2D eigenvalue weighted by Gasteiger charge is 2.48. The number of nitrogens with two attached hydrogens (primary N) is 2. The molecular weight excluding hydrogens is 1510 g/mol. The predicted molar refractivity (Wildman–Crippen MR) is 441 cm³/mol. The lowest BCUT2D eigenvalue weighted by Gasteiger charge is -2.32. The summed E-state index contributed by atoms with van der Waals surface area (Å²) in [6.45, 7) is 5.69. The molecule has 0 radical (unpaired) electrons. The van der Waals surface area contributed by atoms with Crippen LogP contribution in [0.15, 0.2) is 153 Å². The number of fused-ring (bicyclic) bond motifs is 16. The molecule has 4 bridgehead atoms. The summed E-state index contributed by atoms with van der Waals surface area (Å²) in [4.78, 5) is 60.7. The van der Waals surface area contributed by atoms with E-state index in [9.17, 15) is 17.6 Å². The Bertz CT molecular complexity index is 5830. The van der Waals surface area contributed by atoms with Crippen molar-refractivity contribution in [3.05, 3.63) is 221 Å². The van der Waals surface area contributed by atoms with Crippen LogP contribution >= 0.6 is 0 Å². The largest absolute Gasteiger partial charge is 0.423 e. The second kappa shape index (κ2) is 31.3. The molecule has 4 saturated heterocycles. The highest BCUT2D eigenvalue weighted by atomic mass is 19.1. The third-order valence-corrected chi connectivity index (χ3v) is 24.5. The molecular formula is C88H86F4N22O4. The molecule has 4 aromatic carbocycles. The van der Waals surface area contributed by atoms with E-state index in [1.807, 2.05) is 57.5 Å². The van der Waals surface area contributed by atoms with Crippen LogP contribution in [0.4, 0.5) is 57.8 Å². The standard InChI is InChI=1S/2C24H25FN6O.C23H23FN6O.C17H13FN4O/c1-26-19-10-15(25)9-18-17(19)11-20-21(18)22(31-8-5-24(14-31)4-7-28-13-24)30-23(29-20)32-16-3-2-6-27-12-16;1-27-19-9-14(25)8-17-16(19)10-20-22(17)23(31-12-13-4-5-18(26)21(31)7-13)30-24(29-20)32-15-3-2-6-28-11-15;1-26-19-7-13(24)6-17-16(19)9-20-21(17)22(30-11-12-5-14(30)8-18(12)25)29-23(28-20)31-15-3-2-4-27-10-15;1-19-15-6-10(18)5-12-13(15)7-16-14(12)9-21-17(22-16)23-11-3-2-4-20-8-11/h2-3,6,9-10,12,26,28H,4-5,7-8,11,13-14H2,1H3;2-3,6,8-9,11,13,18,21,27H,4-5,7,10,12,26H2,1H3;2-4,6-7,10,12,14,18,26H,5,8-9,11,25H2,1H3;2-6,8-9,19H,7H2,1H3/t;;12-,14?,18-;/m..1./s1. The van der Waals surface area contributed by atoms with Gasteiger partial charge in [0, 0.05) is 192 Å². The lowest BCUT2D eigenvalue weighted by atomic mass is 9.86. The first-order chi connectivity index (χ1) is 57.6. The molecule has 6 aliphatic carbocycles. The maximum atomic E-state index is 14.5. The van der Waals surface area contributed by atoms with Crippen molar-refractivity contribution < 1.29 is 36.5 Å². The first-order valence-electron chi connectivity index (χ1n) is 40.0. The maximum Gasteiger partial charge on any atom is 0.324 e. The molecule has 22 rings (SSSR count). The minimum Gasteiger partial charge on any atom is -0.423 e. The van der Waals surface area contributed by atoms with Gasteiger partial charge in [0.1, 0.15) is 63.7 Å². The van der Waals surface area contributed by atoms with Gasteiger partial charge in [-0.3, -0.25) is 19.9 Å². The van der Waals surface area contributed by atoms with Gasteiger partial charge in [0.25, 0.3) is 0 Å². The van der Waals surface area contributed by atoms with Crippen LogP contribution in [0.25, 0.3) is 44.5 Å². The Balaban J connectivity index is 0.000000105. The van der Waals surface area contributed by atoms with E-state index in [2.05, 4.69) is 71.2 Å². The first kappa shape index (κ1) is 75.3. The molecule has 9 N–H and O–H groups in total. The zero-order valence-electron chi connectivity index (χ0n) is 65.4. The fraction of sp³-hybridized carbons (Fsp3) is 0.318. The number of nitrogens with one attached hydrogen (secondary N) is 5. The molecule has 26 nitrogen and oxygen atoms in total. The number of ether oxygens (including phenoxy) is 4. The maximum absolute atomic E-state index is 14.5. The second-order valence-electron chi connectivity index (χ2n) is 31.6. The Morgan fingerprint density at radius 1 is 0.449 bits per heavy atom. The van der Waals surface area contributed by atoms with E-state index in [-0.39, 0.29) is 64.8 Å². The van der Waals surface area contributed by atoms with E-state index in [1.54, 1.807) is 99.2 Å². The molecule has 1 spiro atoms. The van der Waals surface area contributed by atoms with Crippen molar-refractivity contribution in [1.29, 1.82) is 0 Å². The fourth-order valence-electron chi connectivity index (χ4n) is 19.0. The van der Waals surface area contributed by atoms with E-state index >= 15 is 0 Å². The topological polar surface area (TPSA) is 314 Å². The highest BCUT2D eigenvalue weighted by molar-refractivity contribution is 5.91. The number of pyridine rings is 4. The van der Waals surface area contributed by atoms with Crippen LogP contribution in [-0.2, 0) is 25.7 Å². The summed E-state index contributed by atoms with van der Waals surface area (Å²) < 4.78 is 80.7. The Hall–Kier alpha value is -12.8. The van der Waals surface area contributed by atoms with Crippen LogP contribution < -0.4 is 71.7 Å². The number of anilines is 7. The van der Waals surface area contributed by atoms with E-state index in [0.717, 1.165) is 208 Å². The van der Waals surface area contributed by atoms with Crippen molar-refractivity contribution in [2.75, 3.05) is 103 Å².